The first-order chi connectivity index (χ1) is 3.55. The van der Waals surface area contributed by atoms with Crippen molar-refractivity contribution in [3.8, 4) is 0 Å². The van der Waals surface area contributed by atoms with E-state index in [4.69, 9.17) is 5.73 Å². The third-order valence-corrected chi connectivity index (χ3v) is 0.613. The molecule has 0 aliphatic heterocycles. The van der Waals surface area contributed by atoms with Gasteiger partial charge in [-0.2, -0.15) is 0 Å². The van der Waals surface area contributed by atoms with E-state index in [1.807, 2.05) is 0 Å². The van der Waals surface area contributed by atoms with Gasteiger partial charge in [0.05, 0.1) is 0 Å². The minimum atomic E-state index is -1.35. The second-order valence-electron chi connectivity index (χ2n) is 1.28. The highest BCUT2D eigenvalue weighted by Crippen LogP contribution is 1.69. The molecule has 0 rings (SSSR count). The van der Waals surface area contributed by atoms with E-state index in [1.165, 1.54) is 0 Å². The van der Waals surface area contributed by atoms with Crippen molar-refractivity contribution in [2.24, 2.45) is 17.2 Å². The fourth-order valence-electron chi connectivity index (χ4n) is 0.140. The number of carbonyl (C=O) groups excluding carboxylic acids is 2. The van der Waals surface area contributed by atoms with Gasteiger partial charge in [0.1, 0.15) is 0 Å². The van der Waals surface area contributed by atoms with E-state index in [0.717, 1.165) is 0 Å². The zero-order chi connectivity index (χ0) is 6.73. The van der Waals surface area contributed by atoms with Crippen molar-refractivity contribution in [2.75, 3.05) is 0 Å². The highest BCUT2D eigenvalue weighted by molar-refractivity contribution is 6.02. The third-order valence-electron chi connectivity index (χ3n) is 0.613. The first-order valence-electron chi connectivity index (χ1n) is 1.90. The Bertz CT molecular complexity index is 108. The Kier molecular flexibility index (Phi) is 1.96. The van der Waals surface area contributed by atoms with Crippen molar-refractivity contribution in [3.05, 3.63) is 0 Å². The van der Waals surface area contributed by atoms with Gasteiger partial charge in [-0.1, -0.05) is 0 Å². The first-order valence-corrected chi connectivity index (χ1v) is 1.90. The lowest BCUT2D eigenvalue weighted by Gasteiger charge is -1.97. The lowest BCUT2D eigenvalue weighted by molar-refractivity contribution is -0.127. The lowest BCUT2D eigenvalue weighted by atomic mass is 11.2. The van der Waals surface area contributed by atoms with Crippen molar-refractivity contribution >= 4 is 11.8 Å². The second-order valence-corrected chi connectivity index (χ2v) is 1.28. The van der Waals surface area contributed by atoms with Crippen LogP contribution in [0.15, 0.2) is 0 Å². The average Bonchev–Trinajstić information content (AvgIpc) is 1.64. The predicted octanol–water partition coefficient (Wildman–Crippen LogP) is -2.72. The van der Waals surface area contributed by atoms with Crippen LogP contribution >= 0.6 is 0 Å². The molecule has 0 saturated heterocycles. The molecule has 0 fully saturated rings. The molecule has 6 N–H and O–H groups in total. The molecule has 0 radical (unpaired) electrons. The molecule has 46 valence electrons. The fourth-order valence-corrected chi connectivity index (χ4v) is 0.140. The topological polar surface area (TPSA) is 112 Å². The summed E-state index contributed by atoms with van der Waals surface area (Å²) in [5.41, 5.74) is 14.0. The Hall–Kier alpha value is -1.10. The van der Waals surface area contributed by atoms with E-state index in [9.17, 15) is 9.59 Å². The van der Waals surface area contributed by atoms with Gasteiger partial charge in [-0.15, -0.1) is 0 Å². The van der Waals surface area contributed by atoms with Gasteiger partial charge in [0.15, 0.2) is 6.04 Å². The van der Waals surface area contributed by atoms with E-state index in [2.05, 4.69) is 11.5 Å². The summed E-state index contributed by atoms with van der Waals surface area (Å²) in [4.78, 5) is 19.9. The molecule has 0 saturated carbocycles. The van der Waals surface area contributed by atoms with Crippen LogP contribution in [0.2, 0.25) is 0 Å². The second kappa shape index (κ2) is 2.27. The molecule has 0 aromatic heterocycles. The van der Waals surface area contributed by atoms with Crippen LogP contribution in [0, 0.1) is 0 Å². The zero-order valence-corrected chi connectivity index (χ0v) is 4.13. The molecule has 0 aromatic rings. The normalized spacial score (nSPS) is 9.25. The Balaban J connectivity index is 3.83. The third kappa shape index (κ3) is 1.57. The van der Waals surface area contributed by atoms with Crippen molar-refractivity contribution in [3.63, 3.8) is 0 Å². The molecule has 0 atom stereocenters. The number of amides is 2. The van der Waals surface area contributed by atoms with Crippen LogP contribution in [0.4, 0.5) is 0 Å². The number of hydrogen-bond acceptors (Lipinski definition) is 3. The Morgan fingerprint density at radius 1 is 1.12 bits per heavy atom. The summed E-state index contributed by atoms with van der Waals surface area (Å²) in [6.45, 7) is 0. The van der Waals surface area contributed by atoms with Crippen LogP contribution in [0.25, 0.3) is 0 Å². The number of nitrogens with two attached hydrogens (primary N) is 3. The maximum atomic E-state index is 9.94. The van der Waals surface area contributed by atoms with Crippen LogP contribution in [0.3, 0.4) is 0 Å². The summed E-state index contributed by atoms with van der Waals surface area (Å²) in [5, 5.41) is 0. The van der Waals surface area contributed by atoms with Crippen molar-refractivity contribution in [1.29, 1.82) is 0 Å². The number of primary amides is 2. The highest BCUT2D eigenvalue weighted by Gasteiger charge is 2.14. The first kappa shape index (κ1) is 6.90. The molecule has 0 aliphatic rings. The molecule has 0 spiro atoms. The number of hydrogen-bond donors (Lipinski definition) is 3. The van der Waals surface area contributed by atoms with Gasteiger partial charge in [0.2, 0.25) is 11.8 Å². The highest BCUT2D eigenvalue weighted by atomic mass is 16.2. The van der Waals surface area contributed by atoms with E-state index < -0.39 is 17.9 Å². The van der Waals surface area contributed by atoms with Gasteiger partial charge < -0.3 is 17.2 Å². The molecule has 0 aromatic carbocycles. The van der Waals surface area contributed by atoms with Crippen molar-refractivity contribution < 1.29 is 9.59 Å². The van der Waals surface area contributed by atoms with E-state index in [1.54, 1.807) is 0 Å². The minimum Gasteiger partial charge on any atom is -0.368 e. The monoisotopic (exact) mass is 120 g/mol. The summed E-state index contributed by atoms with van der Waals surface area (Å²) in [5.74, 6) is -1.81. The average molecular weight is 120 g/mol. The van der Waals surface area contributed by atoms with Gasteiger partial charge in [0, 0.05) is 0 Å². The fraction of sp³-hybridized carbons (Fsp3) is 0.333. The summed E-state index contributed by atoms with van der Waals surface area (Å²) in [6, 6.07) is -1.35. The summed E-state index contributed by atoms with van der Waals surface area (Å²) in [7, 11) is 0. The van der Waals surface area contributed by atoms with Crippen LogP contribution < -0.4 is 17.2 Å². The Labute approximate surface area is 45.8 Å². The van der Waals surface area contributed by atoms with E-state index in [-0.39, 0.29) is 0 Å². The largest absolute Gasteiger partial charge is 0.368 e. The van der Waals surface area contributed by atoms with Gasteiger partial charge >= 0.3 is 0 Å². The summed E-state index contributed by atoms with van der Waals surface area (Å²) < 4.78 is 0. The lowest BCUT2D eigenvalue weighted by Crippen LogP contribution is -2.46. The zero-order valence-electron chi connectivity index (χ0n) is 4.13. The molecule has 5 heteroatoms. The number of rotatable bonds is 2. The SMILES string of the molecule is N[13C](=O)[13CH](N)[13C](N)=O. The van der Waals surface area contributed by atoms with E-state index in [0.29, 0.717) is 0 Å². The smallest absolute Gasteiger partial charge is 0.244 e. The van der Waals surface area contributed by atoms with Crippen molar-refractivity contribution in [2.45, 2.75) is 6.04 Å². The molecule has 0 aliphatic carbocycles. The Morgan fingerprint density at radius 2 is 1.38 bits per heavy atom. The minimum absolute atomic E-state index is 0.905. The molecule has 8 heavy (non-hydrogen) atoms. The van der Waals surface area contributed by atoms with Crippen LogP contribution in [-0.2, 0) is 9.59 Å². The maximum absolute atomic E-state index is 9.94. The molecule has 0 heterocycles. The van der Waals surface area contributed by atoms with Crippen molar-refractivity contribution in [1.82, 2.24) is 0 Å². The van der Waals surface area contributed by atoms with Gasteiger partial charge in [0.25, 0.3) is 0 Å². The maximum Gasteiger partial charge on any atom is 0.244 e. The van der Waals surface area contributed by atoms with Crippen LogP contribution in [0.5, 0.6) is 0 Å². The van der Waals surface area contributed by atoms with Crippen LogP contribution in [0.1, 0.15) is 0 Å². The Morgan fingerprint density at radius 3 is 1.38 bits per heavy atom. The van der Waals surface area contributed by atoms with Gasteiger partial charge in [-0.05, 0) is 0 Å². The number of carbonyl (C=O) groups is 2. The molecular formula is C3H7N3O2. The standard InChI is InChI=1S/C3H7N3O2/c4-1(2(5)7)3(6)8/h1H,4H2,(H2,5,7)(H2,6,8)/i1+1,2+1,3+1. The molecular weight excluding hydrogens is 113 g/mol. The van der Waals surface area contributed by atoms with Gasteiger partial charge in [-0.3, -0.25) is 9.59 Å². The molecule has 0 bridgehead atoms. The van der Waals surface area contributed by atoms with E-state index >= 15 is 0 Å². The molecule has 5 nitrogen and oxygen atoms in total. The molecule has 2 amide bonds. The summed E-state index contributed by atoms with van der Waals surface area (Å²) >= 11 is 0. The molecule has 0 unspecified atom stereocenters. The predicted molar refractivity (Wildman–Crippen MR) is 26.4 cm³/mol. The van der Waals surface area contributed by atoms with Gasteiger partial charge in [-0.25, -0.2) is 0 Å². The summed E-state index contributed by atoms with van der Waals surface area (Å²) in [6.07, 6.45) is 0. The van der Waals surface area contributed by atoms with Crippen LogP contribution in [-0.4, -0.2) is 17.9 Å². The quantitative estimate of drug-likeness (QED) is 0.272.